The molecule has 0 radical (unpaired) electrons. The van der Waals surface area contributed by atoms with Crippen LogP contribution in [0.15, 0.2) is 0 Å². The van der Waals surface area contributed by atoms with Crippen LogP contribution in [0.5, 0.6) is 0 Å². The van der Waals surface area contributed by atoms with Crippen molar-refractivity contribution in [3.63, 3.8) is 0 Å². The molecular formula is C11H19N. The first kappa shape index (κ1) is 7.37. The van der Waals surface area contributed by atoms with E-state index in [4.69, 9.17) is 0 Å². The summed E-state index contributed by atoms with van der Waals surface area (Å²) in [6, 6.07) is 0.976. The van der Waals surface area contributed by atoms with Gasteiger partial charge in [-0.05, 0) is 51.0 Å². The fraction of sp³-hybridized carbons (Fsp3) is 1.00. The lowest BCUT2D eigenvalue weighted by atomic mass is 9.90. The van der Waals surface area contributed by atoms with Crippen LogP contribution in [0.2, 0.25) is 0 Å². The minimum atomic E-state index is 0.625. The molecule has 1 heteroatoms. The summed E-state index contributed by atoms with van der Waals surface area (Å²) < 4.78 is 0. The molecule has 3 rings (SSSR count). The normalized spacial score (nSPS) is 58.0. The van der Waals surface area contributed by atoms with E-state index >= 15 is 0 Å². The standard InChI is InChI=1S/C11H19N/c1-8-4-6-12-10(8)9-3-5-11(12,2)7-9/h8-10H,3-7H2,1-2H3. The maximum Gasteiger partial charge on any atom is 0.0187 e. The molecule has 12 heavy (non-hydrogen) atoms. The van der Waals surface area contributed by atoms with Gasteiger partial charge in [-0.1, -0.05) is 6.92 Å². The smallest absolute Gasteiger partial charge is 0.0187 e. The Morgan fingerprint density at radius 1 is 1.33 bits per heavy atom. The van der Waals surface area contributed by atoms with Gasteiger partial charge in [-0.3, -0.25) is 4.90 Å². The van der Waals surface area contributed by atoms with Gasteiger partial charge in [-0.25, -0.2) is 0 Å². The van der Waals surface area contributed by atoms with Gasteiger partial charge in [0, 0.05) is 11.6 Å². The van der Waals surface area contributed by atoms with Crippen molar-refractivity contribution in [1.82, 2.24) is 4.90 Å². The summed E-state index contributed by atoms with van der Waals surface area (Å²) in [5.41, 5.74) is 0.625. The molecule has 2 saturated heterocycles. The van der Waals surface area contributed by atoms with Gasteiger partial charge in [0.2, 0.25) is 0 Å². The van der Waals surface area contributed by atoms with Crippen LogP contribution in [0.1, 0.15) is 39.5 Å². The number of hydrogen-bond acceptors (Lipinski definition) is 1. The highest BCUT2D eigenvalue weighted by Crippen LogP contribution is 2.54. The molecule has 1 nitrogen and oxygen atoms in total. The van der Waals surface area contributed by atoms with E-state index < -0.39 is 0 Å². The third-order valence-electron chi connectivity index (χ3n) is 4.70. The number of rotatable bonds is 0. The maximum atomic E-state index is 2.83. The lowest BCUT2D eigenvalue weighted by molar-refractivity contribution is 0.103. The van der Waals surface area contributed by atoms with Crippen LogP contribution in [0.25, 0.3) is 0 Å². The Hall–Kier alpha value is -0.0400. The maximum absolute atomic E-state index is 2.83. The molecule has 0 aromatic carbocycles. The van der Waals surface area contributed by atoms with Gasteiger partial charge in [0.15, 0.2) is 0 Å². The molecule has 0 amide bonds. The highest BCUT2D eigenvalue weighted by molar-refractivity contribution is 5.11. The van der Waals surface area contributed by atoms with Gasteiger partial charge in [0.05, 0.1) is 0 Å². The summed E-state index contributed by atoms with van der Waals surface area (Å²) in [5, 5.41) is 0. The second-order valence-electron chi connectivity index (χ2n) is 5.45. The average molecular weight is 165 g/mol. The van der Waals surface area contributed by atoms with Gasteiger partial charge in [0.1, 0.15) is 0 Å². The van der Waals surface area contributed by atoms with Crippen molar-refractivity contribution in [2.24, 2.45) is 11.8 Å². The molecule has 1 saturated carbocycles. The van der Waals surface area contributed by atoms with Crippen LogP contribution >= 0.6 is 0 Å². The Morgan fingerprint density at radius 3 is 2.92 bits per heavy atom. The minimum Gasteiger partial charge on any atom is -0.294 e. The Bertz CT molecular complexity index is 213. The predicted molar refractivity (Wildman–Crippen MR) is 50.0 cm³/mol. The number of piperidine rings is 1. The van der Waals surface area contributed by atoms with Crippen molar-refractivity contribution < 1.29 is 0 Å². The highest BCUT2D eigenvalue weighted by atomic mass is 15.3. The third-order valence-corrected chi connectivity index (χ3v) is 4.70. The van der Waals surface area contributed by atoms with E-state index in [9.17, 15) is 0 Å². The highest BCUT2D eigenvalue weighted by Gasteiger charge is 2.56. The average Bonchev–Trinajstić information content (AvgIpc) is 2.61. The second-order valence-corrected chi connectivity index (χ2v) is 5.45. The molecule has 4 unspecified atom stereocenters. The Labute approximate surface area is 75.1 Å². The zero-order valence-corrected chi connectivity index (χ0v) is 8.21. The van der Waals surface area contributed by atoms with Crippen LogP contribution in [-0.2, 0) is 0 Å². The molecule has 2 aliphatic heterocycles. The quantitative estimate of drug-likeness (QED) is 0.532. The van der Waals surface area contributed by atoms with Crippen molar-refractivity contribution in [3.8, 4) is 0 Å². The van der Waals surface area contributed by atoms with E-state index in [1.54, 1.807) is 0 Å². The fourth-order valence-corrected chi connectivity index (χ4v) is 4.14. The topological polar surface area (TPSA) is 3.24 Å². The van der Waals surface area contributed by atoms with Crippen molar-refractivity contribution in [3.05, 3.63) is 0 Å². The van der Waals surface area contributed by atoms with E-state index in [1.165, 1.54) is 32.2 Å². The Kier molecular flexibility index (Phi) is 1.27. The summed E-state index contributed by atoms with van der Waals surface area (Å²) in [5.74, 6) is 2.05. The third kappa shape index (κ3) is 0.693. The summed E-state index contributed by atoms with van der Waals surface area (Å²) in [7, 11) is 0. The molecule has 2 bridgehead atoms. The van der Waals surface area contributed by atoms with Crippen LogP contribution in [0.4, 0.5) is 0 Å². The summed E-state index contributed by atoms with van der Waals surface area (Å²) in [6.07, 6.45) is 5.95. The number of nitrogens with zero attached hydrogens (tertiary/aromatic N) is 1. The van der Waals surface area contributed by atoms with E-state index in [0.717, 1.165) is 17.9 Å². The lowest BCUT2D eigenvalue weighted by Gasteiger charge is -2.37. The largest absolute Gasteiger partial charge is 0.294 e. The zero-order valence-electron chi connectivity index (χ0n) is 8.21. The molecule has 3 aliphatic rings. The fourth-order valence-electron chi connectivity index (χ4n) is 4.14. The molecule has 0 N–H and O–H groups in total. The van der Waals surface area contributed by atoms with Crippen molar-refractivity contribution in [2.75, 3.05) is 6.54 Å². The lowest BCUT2D eigenvalue weighted by Crippen LogP contribution is -2.45. The van der Waals surface area contributed by atoms with E-state index in [2.05, 4.69) is 18.7 Å². The molecule has 1 aliphatic carbocycles. The Balaban J connectivity index is 1.96. The van der Waals surface area contributed by atoms with Crippen LogP contribution < -0.4 is 0 Å². The molecule has 68 valence electrons. The van der Waals surface area contributed by atoms with Gasteiger partial charge in [0.25, 0.3) is 0 Å². The first-order valence-electron chi connectivity index (χ1n) is 5.47. The second kappa shape index (κ2) is 2.06. The first-order chi connectivity index (χ1) is 5.71. The van der Waals surface area contributed by atoms with E-state index in [1.807, 2.05) is 0 Å². The van der Waals surface area contributed by atoms with Gasteiger partial charge in [-0.2, -0.15) is 0 Å². The molecule has 3 fully saturated rings. The molecule has 2 heterocycles. The van der Waals surface area contributed by atoms with E-state index in [0.29, 0.717) is 5.54 Å². The SMILES string of the molecule is CC1CCN2C1C1CCC2(C)C1. The molecule has 4 atom stereocenters. The number of hydrogen-bond donors (Lipinski definition) is 0. The van der Waals surface area contributed by atoms with Gasteiger partial charge >= 0.3 is 0 Å². The van der Waals surface area contributed by atoms with Crippen molar-refractivity contribution in [2.45, 2.75) is 51.1 Å². The van der Waals surface area contributed by atoms with Gasteiger partial charge in [-0.15, -0.1) is 0 Å². The molecule has 0 aromatic rings. The first-order valence-corrected chi connectivity index (χ1v) is 5.47. The zero-order chi connectivity index (χ0) is 8.34. The van der Waals surface area contributed by atoms with Crippen LogP contribution in [0, 0.1) is 11.8 Å². The van der Waals surface area contributed by atoms with Crippen LogP contribution in [0.3, 0.4) is 0 Å². The van der Waals surface area contributed by atoms with Crippen molar-refractivity contribution >= 4 is 0 Å². The molecular weight excluding hydrogens is 146 g/mol. The van der Waals surface area contributed by atoms with Crippen molar-refractivity contribution in [1.29, 1.82) is 0 Å². The minimum absolute atomic E-state index is 0.625. The monoisotopic (exact) mass is 165 g/mol. The summed E-state index contributed by atoms with van der Waals surface area (Å²) in [4.78, 5) is 2.83. The van der Waals surface area contributed by atoms with E-state index in [-0.39, 0.29) is 0 Å². The molecule has 0 spiro atoms. The molecule has 0 aromatic heterocycles. The summed E-state index contributed by atoms with van der Waals surface area (Å²) in [6.45, 7) is 6.33. The summed E-state index contributed by atoms with van der Waals surface area (Å²) >= 11 is 0. The van der Waals surface area contributed by atoms with Gasteiger partial charge < -0.3 is 0 Å². The van der Waals surface area contributed by atoms with Crippen LogP contribution in [-0.4, -0.2) is 23.0 Å². The predicted octanol–water partition coefficient (Wildman–Crippen LogP) is 2.27. The number of fused-ring (bicyclic) bond motifs is 5. The Morgan fingerprint density at radius 2 is 2.17 bits per heavy atom.